The quantitative estimate of drug-likeness (QED) is 0.513. The molecule has 8 heteroatoms. The van der Waals surface area contributed by atoms with Gasteiger partial charge in [-0.3, -0.25) is 9.59 Å². The summed E-state index contributed by atoms with van der Waals surface area (Å²) in [5.74, 6) is 0.302. The molecular formula is C21H24N4O4. The summed E-state index contributed by atoms with van der Waals surface area (Å²) in [6, 6.07) is 13.4. The Bertz CT molecular complexity index is 879. The average molecular weight is 396 g/mol. The van der Waals surface area contributed by atoms with E-state index in [1.807, 2.05) is 0 Å². The molecule has 3 rings (SSSR count). The van der Waals surface area contributed by atoms with Crippen molar-refractivity contribution in [3.8, 4) is 5.75 Å². The van der Waals surface area contributed by atoms with Gasteiger partial charge in [-0.05, 0) is 55.3 Å². The molecule has 2 aromatic rings. The first-order valence-corrected chi connectivity index (χ1v) is 9.43. The molecule has 8 nitrogen and oxygen atoms in total. The van der Waals surface area contributed by atoms with Crippen molar-refractivity contribution in [2.24, 2.45) is 0 Å². The largest absolute Gasteiger partial charge is 0.497 e. The van der Waals surface area contributed by atoms with Gasteiger partial charge >= 0.3 is 6.03 Å². The highest BCUT2D eigenvalue weighted by atomic mass is 16.5. The molecule has 0 aromatic heterocycles. The van der Waals surface area contributed by atoms with E-state index in [-0.39, 0.29) is 30.9 Å². The second-order valence-corrected chi connectivity index (χ2v) is 6.69. The molecule has 0 bridgehead atoms. The number of methoxy groups -OCH3 is 1. The maximum Gasteiger partial charge on any atom is 0.319 e. The minimum absolute atomic E-state index is 0.141. The van der Waals surface area contributed by atoms with Gasteiger partial charge in [0.2, 0.25) is 0 Å². The van der Waals surface area contributed by atoms with Crippen LogP contribution in [0.1, 0.15) is 33.6 Å². The summed E-state index contributed by atoms with van der Waals surface area (Å²) in [6.45, 7) is 0.539. The van der Waals surface area contributed by atoms with Gasteiger partial charge in [0.15, 0.2) is 0 Å². The normalized spacial score (nSPS) is 12.6. The fourth-order valence-electron chi connectivity index (χ4n) is 2.61. The number of nitrogens with one attached hydrogen (secondary N) is 4. The fraction of sp³-hybridized carbons (Fsp3) is 0.286. The zero-order valence-corrected chi connectivity index (χ0v) is 16.2. The molecule has 0 radical (unpaired) electrons. The van der Waals surface area contributed by atoms with Crippen LogP contribution in [0.15, 0.2) is 48.5 Å². The Labute approximate surface area is 169 Å². The Balaban J connectivity index is 1.39. The van der Waals surface area contributed by atoms with E-state index in [9.17, 15) is 14.4 Å². The number of benzene rings is 2. The summed E-state index contributed by atoms with van der Waals surface area (Å²) in [5, 5.41) is 11.0. The molecule has 0 saturated heterocycles. The van der Waals surface area contributed by atoms with Crippen molar-refractivity contribution in [1.82, 2.24) is 16.0 Å². The number of amides is 4. The lowest BCUT2D eigenvalue weighted by atomic mass is 10.2. The van der Waals surface area contributed by atoms with Gasteiger partial charge in [0.25, 0.3) is 11.8 Å². The van der Waals surface area contributed by atoms with Crippen LogP contribution in [0, 0.1) is 0 Å². The smallest absolute Gasteiger partial charge is 0.319 e. The van der Waals surface area contributed by atoms with Crippen LogP contribution < -0.4 is 26.0 Å². The maximum absolute atomic E-state index is 12.1. The Morgan fingerprint density at radius 1 is 0.931 bits per heavy atom. The highest BCUT2D eigenvalue weighted by Crippen LogP contribution is 2.20. The van der Waals surface area contributed by atoms with Crippen LogP contribution in [-0.4, -0.2) is 44.1 Å². The highest BCUT2D eigenvalue weighted by Gasteiger charge is 2.23. The van der Waals surface area contributed by atoms with Gasteiger partial charge in [0.1, 0.15) is 5.75 Å². The van der Waals surface area contributed by atoms with E-state index in [0.29, 0.717) is 22.6 Å². The fourth-order valence-corrected chi connectivity index (χ4v) is 2.61. The van der Waals surface area contributed by atoms with E-state index in [1.165, 1.54) is 0 Å². The first kappa shape index (κ1) is 20.2. The van der Waals surface area contributed by atoms with Gasteiger partial charge in [-0.15, -0.1) is 0 Å². The number of rotatable bonds is 8. The van der Waals surface area contributed by atoms with E-state index in [4.69, 9.17) is 4.74 Å². The molecule has 1 aliphatic carbocycles. The molecule has 4 N–H and O–H groups in total. The Morgan fingerprint density at radius 2 is 1.66 bits per heavy atom. The van der Waals surface area contributed by atoms with Gasteiger partial charge in [0, 0.05) is 35.9 Å². The zero-order chi connectivity index (χ0) is 20.6. The monoisotopic (exact) mass is 396 g/mol. The molecule has 152 valence electrons. The molecule has 29 heavy (non-hydrogen) atoms. The second kappa shape index (κ2) is 9.59. The third-order valence-electron chi connectivity index (χ3n) is 4.34. The van der Waals surface area contributed by atoms with Crippen LogP contribution in [-0.2, 0) is 0 Å². The van der Waals surface area contributed by atoms with Crippen molar-refractivity contribution in [3.05, 3.63) is 59.7 Å². The lowest BCUT2D eigenvalue weighted by molar-refractivity contribution is 0.0944. The average Bonchev–Trinajstić information content (AvgIpc) is 3.55. The van der Waals surface area contributed by atoms with Crippen LogP contribution >= 0.6 is 0 Å². The number of carbonyl (C=O) groups is 3. The first-order chi connectivity index (χ1) is 14.0. The molecule has 4 amide bonds. The summed E-state index contributed by atoms with van der Waals surface area (Å²) in [6.07, 6.45) is 2.03. The van der Waals surface area contributed by atoms with E-state index in [0.717, 1.165) is 12.8 Å². The van der Waals surface area contributed by atoms with Crippen molar-refractivity contribution >= 4 is 23.5 Å². The van der Waals surface area contributed by atoms with Gasteiger partial charge in [-0.25, -0.2) is 4.79 Å². The minimum Gasteiger partial charge on any atom is -0.497 e. The van der Waals surface area contributed by atoms with Crippen molar-refractivity contribution < 1.29 is 19.1 Å². The van der Waals surface area contributed by atoms with Gasteiger partial charge < -0.3 is 26.0 Å². The number of ether oxygens (including phenoxy) is 1. The molecule has 1 aliphatic rings. The van der Waals surface area contributed by atoms with Gasteiger partial charge in [-0.1, -0.05) is 6.07 Å². The summed E-state index contributed by atoms with van der Waals surface area (Å²) in [7, 11) is 1.56. The summed E-state index contributed by atoms with van der Waals surface area (Å²) in [5.41, 5.74) is 1.53. The molecule has 0 aliphatic heterocycles. The topological polar surface area (TPSA) is 109 Å². The molecular weight excluding hydrogens is 372 g/mol. The summed E-state index contributed by atoms with van der Waals surface area (Å²) < 4.78 is 5.05. The Hall–Kier alpha value is -3.55. The third kappa shape index (κ3) is 6.24. The predicted molar refractivity (Wildman–Crippen MR) is 109 cm³/mol. The number of carbonyl (C=O) groups excluding carboxylic acids is 3. The molecule has 1 saturated carbocycles. The minimum atomic E-state index is -0.413. The van der Waals surface area contributed by atoms with Crippen LogP contribution in [0.3, 0.4) is 0 Å². The van der Waals surface area contributed by atoms with Crippen molar-refractivity contribution in [3.63, 3.8) is 0 Å². The van der Waals surface area contributed by atoms with E-state index >= 15 is 0 Å². The van der Waals surface area contributed by atoms with E-state index < -0.39 is 6.03 Å². The number of anilines is 1. The summed E-state index contributed by atoms with van der Waals surface area (Å²) in [4.78, 5) is 36.1. The van der Waals surface area contributed by atoms with Gasteiger partial charge in [-0.2, -0.15) is 0 Å². The van der Waals surface area contributed by atoms with E-state index in [1.54, 1.807) is 55.6 Å². The molecule has 0 heterocycles. The number of hydrogen-bond acceptors (Lipinski definition) is 4. The number of hydrogen-bond donors (Lipinski definition) is 4. The van der Waals surface area contributed by atoms with Crippen molar-refractivity contribution in [2.75, 3.05) is 25.5 Å². The summed E-state index contributed by atoms with van der Waals surface area (Å²) >= 11 is 0. The van der Waals surface area contributed by atoms with Crippen LogP contribution in [0.25, 0.3) is 0 Å². The second-order valence-electron chi connectivity index (χ2n) is 6.69. The van der Waals surface area contributed by atoms with Crippen molar-refractivity contribution in [2.45, 2.75) is 18.9 Å². The van der Waals surface area contributed by atoms with Crippen molar-refractivity contribution in [1.29, 1.82) is 0 Å². The molecule has 0 spiro atoms. The standard InChI is InChI=1S/C21H24N4O4/c1-29-18-9-5-14(6-10-18)19(26)22-11-12-23-21(28)25-17-4-2-3-15(13-17)20(27)24-16-7-8-16/h2-6,9-10,13,16H,7-8,11-12H2,1H3,(H,22,26)(H,24,27)(H2,23,25,28). The molecule has 0 atom stereocenters. The molecule has 0 unspecified atom stereocenters. The van der Waals surface area contributed by atoms with E-state index in [2.05, 4.69) is 21.3 Å². The third-order valence-corrected chi connectivity index (χ3v) is 4.34. The number of urea groups is 1. The van der Waals surface area contributed by atoms with Crippen LogP contribution in [0.2, 0.25) is 0 Å². The van der Waals surface area contributed by atoms with Crippen LogP contribution in [0.5, 0.6) is 5.75 Å². The predicted octanol–water partition coefficient (Wildman–Crippen LogP) is 2.14. The lowest BCUT2D eigenvalue weighted by Crippen LogP contribution is -2.36. The Morgan fingerprint density at radius 3 is 2.34 bits per heavy atom. The van der Waals surface area contributed by atoms with Gasteiger partial charge in [0.05, 0.1) is 7.11 Å². The maximum atomic E-state index is 12.1. The van der Waals surface area contributed by atoms with Crippen LogP contribution in [0.4, 0.5) is 10.5 Å². The SMILES string of the molecule is COc1ccc(C(=O)NCCNC(=O)Nc2cccc(C(=O)NC3CC3)c2)cc1. The Kier molecular flexibility index (Phi) is 6.67. The lowest BCUT2D eigenvalue weighted by Gasteiger charge is -2.10. The molecule has 2 aromatic carbocycles. The highest BCUT2D eigenvalue weighted by molar-refractivity contribution is 5.97. The first-order valence-electron chi connectivity index (χ1n) is 9.43. The molecule has 1 fully saturated rings. The zero-order valence-electron chi connectivity index (χ0n) is 16.2.